The van der Waals surface area contributed by atoms with Crippen LogP contribution >= 0.6 is 0 Å². The van der Waals surface area contributed by atoms with E-state index in [2.05, 4.69) is 5.10 Å². The molecule has 0 saturated carbocycles. The molecule has 0 aromatic heterocycles. The van der Waals surface area contributed by atoms with Gasteiger partial charge >= 0.3 is 24.2 Å². The molecule has 138 valence electrons. The Hall–Kier alpha value is -2.59. The molecular weight excluding hydrogens is 356 g/mol. The van der Waals surface area contributed by atoms with Crippen molar-refractivity contribution in [2.75, 3.05) is 0 Å². The van der Waals surface area contributed by atoms with Gasteiger partial charge in [-0.3, -0.25) is 9.59 Å². The van der Waals surface area contributed by atoms with Gasteiger partial charge in [0.2, 0.25) is 0 Å². The fourth-order valence-corrected chi connectivity index (χ4v) is 1.60. The zero-order valence-electron chi connectivity index (χ0n) is 13.0. The Bertz CT molecular complexity index is 659. The number of benzene rings is 1. The van der Waals surface area contributed by atoms with Crippen LogP contribution in [0.5, 0.6) is 0 Å². The first-order chi connectivity index (χ1) is 11.3. The van der Waals surface area contributed by atoms with Crippen LogP contribution in [0.15, 0.2) is 23.3 Å². The lowest BCUT2D eigenvalue weighted by Crippen LogP contribution is -2.37. The summed E-state index contributed by atoms with van der Waals surface area (Å²) >= 11 is 0. The molecule has 2 N–H and O–H groups in total. The maximum Gasteiger partial charge on any atom is 0.416 e. The number of nitrogens with zero attached hydrogens (tertiary/aromatic N) is 1. The molecule has 1 aromatic rings. The molecular formula is C14H13F6N3O2. The first-order valence-corrected chi connectivity index (χ1v) is 6.68. The molecule has 0 atom stereocenters. The summed E-state index contributed by atoms with van der Waals surface area (Å²) in [6, 6.07) is 0.889. The minimum absolute atomic E-state index is 0.0310. The zero-order valence-corrected chi connectivity index (χ0v) is 13.0. The van der Waals surface area contributed by atoms with Crippen LogP contribution < -0.4 is 10.7 Å². The van der Waals surface area contributed by atoms with Crippen LogP contribution in [0.2, 0.25) is 0 Å². The lowest BCUT2D eigenvalue weighted by molar-refractivity contribution is -0.143. The number of hydrogen-bond donors (Lipinski definition) is 2. The molecule has 5 nitrogen and oxygen atoms in total. The minimum Gasteiger partial charge on any atom is -0.344 e. The third kappa shape index (κ3) is 6.43. The summed E-state index contributed by atoms with van der Waals surface area (Å²) in [4.78, 5) is 22.8. The van der Waals surface area contributed by atoms with Crippen molar-refractivity contribution in [2.24, 2.45) is 5.10 Å². The third-order valence-corrected chi connectivity index (χ3v) is 2.69. The summed E-state index contributed by atoms with van der Waals surface area (Å²) in [6.45, 7) is 2.35. The molecule has 25 heavy (non-hydrogen) atoms. The van der Waals surface area contributed by atoms with Gasteiger partial charge in [0.05, 0.1) is 11.1 Å². The Morgan fingerprint density at radius 3 is 1.80 bits per heavy atom. The minimum atomic E-state index is -5.00. The monoisotopic (exact) mass is 369 g/mol. The van der Waals surface area contributed by atoms with Gasteiger partial charge in [0.1, 0.15) is 0 Å². The summed E-state index contributed by atoms with van der Waals surface area (Å²) in [5.74, 6) is -2.46. The van der Waals surface area contributed by atoms with Crippen molar-refractivity contribution in [3.63, 3.8) is 0 Å². The number of carbonyl (C=O) groups excluding carboxylic acids is 2. The van der Waals surface area contributed by atoms with E-state index in [9.17, 15) is 35.9 Å². The van der Waals surface area contributed by atoms with Gasteiger partial charge in [0.25, 0.3) is 0 Å². The van der Waals surface area contributed by atoms with Crippen LogP contribution in [-0.4, -0.2) is 17.5 Å². The predicted octanol–water partition coefficient (Wildman–Crippen LogP) is 2.85. The van der Waals surface area contributed by atoms with Crippen molar-refractivity contribution in [1.29, 1.82) is 0 Å². The lowest BCUT2D eigenvalue weighted by Gasteiger charge is -2.14. The number of carbonyl (C=O) groups is 2. The van der Waals surface area contributed by atoms with Crippen LogP contribution in [0.3, 0.4) is 0 Å². The van der Waals surface area contributed by atoms with E-state index in [0.29, 0.717) is 17.8 Å². The second-order valence-electron chi connectivity index (χ2n) is 5.10. The molecule has 0 heterocycles. The number of hydrazone groups is 1. The normalized spacial score (nSPS) is 11.7. The average Bonchev–Trinajstić information content (AvgIpc) is 2.48. The standard InChI is InChI=1S/C14H13F6N3O2/c1-7(2)22-23-12(25)11(24)21-6-8-3-9(13(15,16)17)5-10(4-8)14(18,19)20/h3-5H,6H2,1-2H3,(H,21,24)(H,23,25). The number of halogens is 6. The summed E-state index contributed by atoms with van der Waals surface area (Å²) in [5.41, 5.74) is -1.19. The summed E-state index contributed by atoms with van der Waals surface area (Å²) in [5, 5.41) is 5.38. The average molecular weight is 369 g/mol. The van der Waals surface area contributed by atoms with Crippen molar-refractivity contribution >= 4 is 17.5 Å². The highest BCUT2D eigenvalue weighted by Crippen LogP contribution is 2.36. The SMILES string of the molecule is CC(C)=NNC(=O)C(=O)NCc1cc(C(F)(F)F)cc(C(F)(F)F)c1. The maximum absolute atomic E-state index is 12.7. The van der Waals surface area contributed by atoms with E-state index in [-0.39, 0.29) is 6.07 Å². The van der Waals surface area contributed by atoms with Crippen molar-refractivity contribution in [1.82, 2.24) is 10.7 Å². The summed E-state index contributed by atoms with van der Waals surface area (Å²) in [6.07, 6.45) is -9.99. The molecule has 0 spiro atoms. The number of nitrogens with one attached hydrogen (secondary N) is 2. The van der Waals surface area contributed by atoms with Gasteiger partial charge in [0, 0.05) is 12.3 Å². The molecule has 0 saturated heterocycles. The largest absolute Gasteiger partial charge is 0.416 e. The van der Waals surface area contributed by atoms with E-state index >= 15 is 0 Å². The van der Waals surface area contributed by atoms with E-state index < -0.39 is 47.4 Å². The lowest BCUT2D eigenvalue weighted by atomic mass is 10.0. The van der Waals surface area contributed by atoms with Gasteiger partial charge in [-0.25, -0.2) is 5.43 Å². The number of rotatable bonds is 3. The summed E-state index contributed by atoms with van der Waals surface area (Å²) in [7, 11) is 0. The predicted molar refractivity (Wildman–Crippen MR) is 75.2 cm³/mol. The molecule has 0 aliphatic carbocycles. The van der Waals surface area contributed by atoms with Crippen molar-refractivity contribution in [3.05, 3.63) is 34.9 Å². The van der Waals surface area contributed by atoms with Gasteiger partial charge in [-0.15, -0.1) is 0 Å². The van der Waals surface area contributed by atoms with Gasteiger partial charge < -0.3 is 5.32 Å². The Labute approximate surface area is 138 Å². The van der Waals surface area contributed by atoms with Crippen molar-refractivity contribution in [2.45, 2.75) is 32.7 Å². The highest BCUT2D eigenvalue weighted by atomic mass is 19.4. The number of alkyl halides is 6. The molecule has 0 aliphatic rings. The molecule has 0 fully saturated rings. The molecule has 0 aliphatic heterocycles. The molecule has 0 radical (unpaired) electrons. The van der Waals surface area contributed by atoms with Crippen LogP contribution in [-0.2, 0) is 28.5 Å². The highest BCUT2D eigenvalue weighted by molar-refractivity contribution is 6.35. The topological polar surface area (TPSA) is 70.6 Å². The van der Waals surface area contributed by atoms with E-state index in [1.54, 1.807) is 0 Å². The number of hydrogen-bond acceptors (Lipinski definition) is 3. The Balaban J connectivity index is 2.96. The zero-order chi connectivity index (χ0) is 19.4. The fourth-order valence-electron chi connectivity index (χ4n) is 1.60. The Kier molecular flexibility index (Phi) is 6.16. The smallest absolute Gasteiger partial charge is 0.344 e. The van der Waals surface area contributed by atoms with Gasteiger partial charge in [-0.05, 0) is 37.6 Å². The second kappa shape index (κ2) is 7.53. The van der Waals surface area contributed by atoms with Crippen LogP contribution in [0.25, 0.3) is 0 Å². The maximum atomic E-state index is 12.7. The quantitative estimate of drug-likeness (QED) is 0.372. The van der Waals surface area contributed by atoms with E-state index in [4.69, 9.17) is 0 Å². The van der Waals surface area contributed by atoms with Gasteiger partial charge in [-0.2, -0.15) is 31.4 Å². The second-order valence-corrected chi connectivity index (χ2v) is 5.10. The molecule has 0 unspecified atom stereocenters. The molecule has 11 heteroatoms. The first-order valence-electron chi connectivity index (χ1n) is 6.68. The Morgan fingerprint density at radius 1 is 0.920 bits per heavy atom. The van der Waals surface area contributed by atoms with Gasteiger partial charge in [-0.1, -0.05) is 0 Å². The van der Waals surface area contributed by atoms with Crippen LogP contribution in [0.4, 0.5) is 26.3 Å². The number of amides is 2. The fraction of sp³-hybridized carbons (Fsp3) is 0.357. The third-order valence-electron chi connectivity index (χ3n) is 2.69. The van der Waals surface area contributed by atoms with Crippen LogP contribution in [0.1, 0.15) is 30.5 Å². The molecule has 1 rings (SSSR count). The summed E-state index contributed by atoms with van der Waals surface area (Å²) < 4.78 is 76.2. The molecule has 1 aromatic carbocycles. The molecule has 2 amide bonds. The van der Waals surface area contributed by atoms with E-state index in [0.717, 1.165) is 0 Å². The molecule has 0 bridgehead atoms. The van der Waals surface area contributed by atoms with Crippen LogP contribution in [0, 0.1) is 0 Å². The highest BCUT2D eigenvalue weighted by Gasteiger charge is 2.36. The Morgan fingerprint density at radius 2 is 1.40 bits per heavy atom. The first kappa shape index (κ1) is 20.5. The van der Waals surface area contributed by atoms with Crippen molar-refractivity contribution in [3.8, 4) is 0 Å². The van der Waals surface area contributed by atoms with Crippen molar-refractivity contribution < 1.29 is 35.9 Å². The van der Waals surface area contributed by atoms with E-state index in [1.807, 2.05) is 10.7 Å². The van der Waals surface area contributed by atoms with Gasteiger partial charge in [0.15, 0.2) is 0 Å². The van der Waals surface area contributed by atoms with E-state index in [1.165, 1.54) is 13.8 Å².